The van der Waals surface area contributed by atoms with Crippen molar-refractivity contribution in [1.29, 1.82) is 0 Å². The monoisotopic (exact) mass is 264 g/mol. The minimum absolute atomic E-state index is 0.205. The Bertz CT molecular complexity index is 613. The molecule has 0 fully saturated rings. The van der Waals surface area contributed by atoms with Gasteiger partial charge in [-0.25, -0.2) is 9.48 Å². The summed E-state index contributed by atoms with van der Waals surface area (Å²) in [5.41, 5.74) is 0.205. The molecule has 2 N–H and O–H groups in total. The van der Waals surface area contributed by atoms with Crippen LogP contribution in [0, 0.1) is 0 Å². The number of hydrogen-bond acceptors (Lipinski definition) is 5. The molecule has 0 aromatic carbocycles. The van der Waals surface area contributed by atoms with E-state index in [0.29, 0.717) is 6.08 Å². The zero-order valence-corrected chi connectivity index (χ0v) is 9.79. The first-order valence-corrected chi connectivity index (χ1v) is 5.72. The van der Waals surface area contributed by atoms with Gasteiger partial charge in [0.1, 0.15) is 5.00 Å². The third-order valence-corrected chi connectivity index (χ3v) is 2.94. The second kappa shape index (κ2) is 4.84. The Kier molecular flexibility index (Phi) is 3.24. The van der Waals surface area contributed by atoms with E-state index in [-0.39, 0.29) is 5.56 Å². The summed E-state index contributed by atoms with van der Waals surface area (Å²) in [6.45, 7) is 0. The third-order valence-electron chi connectivity index (χ3n) is 2.09. The SMILES string of the molecule is O=C(O)C(O)=CC(=O)c1cnn(-c2cccs2)c1. The van der Waals surface area contributed by atoms with Crippen LogP contribution in [-0.4, -0.2) is 31.7 Å². The molecule has 0 bridgehead atoms. The van der Waals surface area contributed by atoms with Crippen molar-refractivity contribution in [2.75, 3.05) is 0 Å². The zero-order valence-electron chi connectivity index (χ0n) is 8.98. The number of hydrogen-bond donors (Lipinski definition) is 2. The van der Waals surface area contributed by atoms with Crippen LogP contribution in [0.2, 0.25) is 0 Å². The summed E-state index contributed by atoms with van der Waals surface area (Å²) < 4.78 is 1.50. The highest BCUT2D eigenvalue weighted by atomic mass is 32.1. The number of carboxylic acids is 1. The average Bonchev–Trinajstić information content (AvgIpc) is 2.99. The van der Waals surface area contributed by atoms with E-state index < -0.39 is 17.5 Å². The Morgan fingerprint density at radius 1 is 1.39 bits per heavy atom. The van der Waals surface area contributed by atoms with Crippen LogP contribution in [0.4, 0.5) is 0 Å². The standard InChI is InChI=1S/C11H8N2O4S/c14-8(4-9(15)11(16)17)7-5-12-13(6-7)10-2-1-3-18-10/h1-6,15H,(H,16,17). The Labute approximate surface area is 105 Å². The first-order chi connectivity index (χ1) is 8.58. The molecule has 6 nitrogen and oxygen atoms in total. The van der Waals surface area contributed by atoms with Crippen LogP contribution < -0.4 is 0 Å². The van der Waals surface area contributed by atoms with Crippen molar-refractivity contribution in [2.45, 2.75) is 0 Å². The van der Waals surface area contributed by atoms with E-state index in [2.05, 4.69) is 5.10 Å². The van der Waals surface area contributed by atoms with E-state index in [1.165, 1.54) is 28.4 Å². The van der Waals surface area contributed by atoms with Gasteiger partial charge in [0.2, 0.25) is 5.76 Å². The lowest BCUT2D eigenvalue weighted by molar-refractivity contribution is -0.135. The summed E-state index contributed by atoms with van der Waals surface area (Å²) in [4.78, 5) is 22.0. The highest BCUT2D eigenvalue weighted by Gasteiger charge is 2.11. The summed E-state index contributed by atoms with van der Waals surface area (Å²) in [6.07, 6.45) is 3.44. The van der Waals surface area contributed by atoms with Gasteiger partial charge in [-0.3, -0.25) is 4.79 Å². The fraction of sp³-hybridized carbons (Fsp3) is 0. The Morgan fingerprint density at radius 2 is 2.17 bits per heavy atom. The summed E-state index contributed by atoms with van der Waals surface area (Å²) in [5, 5.41) is 24.1. The Hall–Kier alpha value is -2.41. The molecular formula is C11H8N2O4S. The molecule has 0 atom stereocenters. The van der Waals surface area contributed by atoms with Crippen LogP contribution in [0.25, 0.3) is 5.00 Å². The predicted molar refractivity (Wildman–Crippen MR) is 64.1 cm³/mol. The van der Waals surface area contributed by atoms with Crippen molar-refractivity contribution in [3.63, 3.8) is 0 Å². The maximum absolute atomic E-state index is 11.6. The molecule has 0 aliphatic rings. The van der Waals surface area contributed by atoms with Gasteiger partial charge < -0.3 is 10.2 Å². The minimum atomic E-state index is -1.55. The predicted octanol–water partition coefficient (Wildman–Crippen LogP) is 1.64. The third kappa shape index (κ3) is 2.46. The lowest BCUT2D eigenvalue weighted by Crippen LogP contribution is -2.03. The van der Waals surface area contributed by atoms with Crippen molar-refractivity contribution in [1.82, 2.24) is 9.78 Å². The topological polar surface area (TPSA) is 92.4 Å². The van der Waals surface area contributed by atoms with Crippen LogP contribution in [0.5, 0.6) is 0 Å². The number of nitrogens with zero attached hydrogens (tertiary/aromatic N) is 2. The van der Waals surface area contributed by atoms with Gasteiger partial charge >= 0.3 is 5.97 Å². The number of carbonyl (C=O) groups is 2. The quantitative estimate of drug-likeness (QED) is 0.497. The maximum atomic E-state index is 11.6. The van der Waals surface area contributed by atoms with Gasteiger partial charge in [-0.15, -0.1) is 11.3 Å². The fourth-order valence-electron chi connectivity index (χ4n) is 1.24. The van der Waals surface area contributed by atoms with Crippen molar-refractivity contribution < 1.29 is 19.8 Å². The molecule has 0 spiro atoms. The van der Waals surface area contributed by atoms with Crippen LogP contribution in [0.3, 0.4) is 0 Å². The number of rotatable bonds is 4. The van der Waals surface area contributed by atoms with E-state index in [9.17, 15) is 9.59 Å². The molecule has 2 rings (SSSR count). The number of aromatic nitrogens is 2. The molecule has 2 aromatic heterocycles. The van der Waals surface area contributed by atoms with E-state index in [0.717, 1.165) is 5.00 Å². The molecule has 0 amide bonds. The lowest BCUT2D eigenvalue weighted by atomic mass is 10.2. The van der Waals surface area contributed by atoms with Gasteiger partial charge in [-0.2, -0.15) is 5.10 Å². The van der Waals surface area contributed by atoms with Crippen molar-refractivity contribution in [3.05, 3.63) is 47.3 Å². The van der Waals surface area contributed by atoms with Gasteiger partial charge in [0.05, 0.1) is 11.8 Å². The van der Waals surface area contributed by atoms with Crippen LogP contribution >= 0.6 is 11.3 Å². The second-order valence-corrected chi connectivity index (χ2v) is 4.25. The molecule has 0 saturated heterocycles. The van der Waals surface area contributed by atoms with E-state index >= 15 is 0 Å². The smallest absolute Gasteiger partial charge is 0.371 e. The molecule has 18 heavy (non-hydrogen) atoms. The summed E-state index contributed by atoms with van der Waals surface area (Å²) in [7, 11) is 0. The van der Waals surface area contributed by atoms with E-state index in [1.807, 2.05) is 17.5 Å². The van der Waals surface area contributed by atoms with E-state index in [4.69, 9.17) is 10.2 Å². The van der Waals surface area contributed by atoms with Crippen LogP contribution in [0.15, 0.2) is 41.7 Å². The number of aliphatic hydroxyl groups is 1. The molecule has 2 heterocycles. The van der Waals surface area contributed by atoms with Gasteiger partial charge in [-0.05, 0) is 17.5 Å². The lowest BCUT2D eigenvalue weighted by Gasteiger charge is -1.93. The molecule has 7 heteroatoms. The molecule has 0 radical (unpaired) electrons. The largest absolute Gasteiger partial charge is 0.502 e. The number of aliphatic hydroxyl groups excluding tert-OH is 1. The number of ketones is 1. The molecule has 0 aliphatic carbocycles. The average molecular weight is 264 g/mol. The molecule has 0 aliphatic heterocycles. The van der Waals surface area contributed by atoms with Gasteiger partial charge in [0.15, 0.2) is 5.78 Å². The highest BCUT2D eigenvalue weighted by Crippen LogP contribution is 2.15. The van der Waals surface area contributed by atoms with E-state index in [1.54, 1.807) is 0 Å². The highest BCUT2D eigenvalue weighted by molar-refractivity contribution is 7.12. The van der Waals surface area contributed by atoms with Gasteiger partial charge in [-0.1, -0.05) is 0 Å². The van der Waals surface area contributed by atoms with Gasteiger partial charge in [0.25, 0.3) is 0 Å². The Balaban J connectivity index is 2.23. The molecule has 2 aromatic rings. The minimum Gasteiger partial charge on any atom is -0.502 e. The van der Waals surface area contributed by atoms with Crippen molar-refractivity contribution >= 4 is 23.1 Å². The molecule has 0 unspecified atom stereocenters. The number of allylic oxidation sites excluding steroid dienone is 1. The second-order valence-electron chi connectivity index (χ2n) is 3.32. The van der Waals surface area contributed by atoms with Gasteiger partial charge in [0, 0.05) is 12.3 Å². The summed E-state index contributed by atoms with van der Waals surface area (Å²) in [6, 6.07) is 3.68. The van der Waals surface area contributed by atoms with Crippen LogP contribution in [-0.2, 0) is 4.79 Å². The van der Waals surface area contributed by atoms with Crippen LogP contribution in [0.1, 0.15) is 10.4 Å². The molecule has 0 saturated carbocycles. The number of carbonyl (C=O) groups excluding carboxylic acids is 1. The molecule has 92 valence electrons. The number of thiophene rings is 1. The number of aliphatic carboxylic acids is 1. The zero-order chi connectivity index (χ0) is 13.1. The summed E-state index contributed by atoms with van der Waals surface area (Å²) >= 11 is 1.45. The first kappa shape index (κ1) is 12.1. The fourth-order valence-corrected chi connectivity index (χ4v) is 1.90. The molecular weight excluding hydrogens is 256 g/mol. The van der Waals surface area contributed by atoms with Crippen molar-refractivity contribution in [3.8, 4) is 5.00 Å². The van der Waals surface area contributed by atoms with Crippen molar-refractivity contribution in [2.24, 2.45) is 0 Å². The normalized spacial score (nSPS) is 11.4. The summed E-state index contributed by atoms with van der Waals surface area (Å²) in [5.74, 6) is -3.16. The first-order valence-electron chi connectivity index (χ1n) is 4.85. The maximum Gasteiger partial charge on any atom is 0.371 e. The number of carboxylic acid groups (broad SMARTS) is 1. The Morgan fingerprint density at radius 3 is 2.78 bits per heavy atom.